The molecule has 0 bridgehead atoms. The molecule has 2 amide bonds. The normalized spacial score (nSPS) is 10.8. The zero-order valence-corrected chi connectivity index (χ0v) is 13.3. The number of pyridine rings is 1. The van der Waals surface area contributed by atoms with Gasteiger partial charge in [0.2, 0.25) is 0 Å². The molecule has 0 fully saturated rings. The smallest absolute Gasteiger partial charge is 0.321 e. The number of hydrogen-bond donors (Lipinski definition) is 3. The summed E-state index contributed by atoms with van der Waals surface area (Å²) in [7, 11) is 0. The first-order valence-electron chi connectivity index (χ1n) is 7.55. The highest BCUT2D eigenvalue weighted by Crippen LogP contribution is 2.09. The predicted octanol–water partition coefficient (Wildman–Crippen LogP) is 1.76. The summed E-state index contributed by atoms with van der Waals surface area (Å²) in [5.74, 6) is -2.46. The van der Waals surface area contributed by atoms with Crippen molar-refractivity contribution >= 4 is 34.6 Å². The van der Waals surface area contributed by atoms with Crippen LogP contribution in [0.25, 0.3) is 10.9 Å². The van der Waals surface area contributed by atoms with Crippen LogP contribution in [0.1, 0.15) is 5.56 Å². The highest BCUT2D eigenvalue weighted by molar-refractivity contribution is 6.39. The quantitative estimate of drug-likeness (QED) is 0.380. The predicted molar refractivity (Wildman–Crippen MR) is 95.3 cm³/mol. The Bertz CT molecular complexity index is 1060. The van der Waals surface area contributed by atoms with Gasteiger partial charge in [0.05, 0.1) is 11.8 Å². The van der Waals surface area contributed by atoms with Crippen molar-refractivity contribution in [1.29, 1.82) is 0 Å². The third kappa shape index (κ3) is 3.99. The van der Waals surface area contributed by atoms with Crippen molar-refractivity contribution in [3.05, 3.63) is 76.3 Å². The van der Waals surface area contributed by atoms with E-state index in [2.05, 4.69) is 15.4 Å². The highest BCUT2D eigenvalue weighted by Gasteiger charge is 2.12. The van der Waals surface area contributed by atoms with E-state index in [1.165, 1.54) is 12.1 Å². The van der Waals surface area contributed by atoms with E-state index in [0.29, 0.717) is 5.52 Å². The minimum atomic E-state index is -1.03. The van der Waals surface area contributed by atoms with Gasteiger partial charge in [-0.1, -0.05) is 18.2 Å². The summed E-state index contributed by atoms with van der Waals surface area (Å²) in [5.41, 5.74) is 2.82. The van der Waals surface area contributed by atoms with Gasteiger partial charge in [-0.3, -0.25) is 14.4 Å². The van der Waals surface area contributed by atoms with E-state index in [0.717, 1.165) is 23.7 Å². The van der Waals surface area contributed by atoms with Crippen molar-refractivity contribution in [3.8, 4) is 0 Å². The van der Waals surface area contributed by atoms with Gasteiger partial charge in [0, 0.05) is 11.2 Å². The van der Waals surface area contributed by atoms with Gasteiger partial charge in [-0.2, -0.15) is 5.10 Å². The Morgan fingerprint density at radius 2 is 1.77 bits per heavy atom. The number of nitrogens with zero attached hydrogens (tertiary/aromatic N) is 1. The Morgan fingerprint density at radius 1 is 1.04 bits per heavy atom. The Balaban J connectivity index is 1.65. The molecule has 0 saturated heterocycles. The summed E-state index contributed by atoms with van der Waals surface area (Å²) >= 11 is 0. The fourth-order valence-electron chi connectivity index (χ4n) is 2.19. The second-order valence-corrected chi connectivity index (χ2v) is 5.30. The molecule has 2 aromatic carbocycles. The molecule has 130 valence electrons. The number of fused-ring (bicyclic) bond motifs is 1. The maximum absolute atomic E-state index is 12.8. The number of aromatic amines is 1. The molecule has 0 spiro atoms. The van der Waals surface area contributed by atoms with E-state index < -0.39 is 17.6 Å². The molecule has 3 rings (SSSR count). The summed E-state index contributed by atoms with van der Waals surface area (Å²) < 4.78 is 12.8. The Hall–Kier alpha value is -3.81. The van der Waals surface area contributed by atoms with Crippen molar-refractivity contribution in [2.24, 2.45) is 5.10 Å². The van der Waals surface area contributed by atoms with Crippen LogP contribution in [-0.4, -0.2) is 23.0 Å². The summed E-state index contributed by atoms with van der Waals surface area (Å²) in [5, 5.41) is 6.71. The van der Waals surface area contributed by atoms with Crippen LogP contribution in [-0.2, 0) is 9.59 Å². The molecule has 1 heterocycles. The van der Waals surface area contributed by atoms with Gasteiger partial charge in [-0.15, -0.1) is 0 Å². The second kappa shape index (κ2) is 7.39. The van der Waals surface area contributed by atoms with Crippen molar-refractivity contribution in [1.82, 2.24) is 10.4 Å². The molecular formula is C18H13FN4O3. The number of aromatic nitrogens is 1. The molecule has 26 heavy (non-hydrogen) atoms. The Kier molecular flexibility index (Phi) is 4.84. The average Bonchev–Trinajstić information content (AvgIpc) is 2.63. The van der Waals surface area contributed by atoms with Crippen LogP contribution in [0.2, 0.25) is 0 Å². The molecule has 7 nitrogen and oxygen atoms in total. The average molecular weight is 352 g/mol. The molecule has 3 N–H and O–H groups in total. The number of carbonyl (C=O) groups excluding carboxylic acids is 2. The maximum atomic E-state index is 12.8. The Labute approximate surface area is 146 Å². The number of anilines is 1. The fraction of sp³-hybridized carbons (Fsp3) is 0. The Morgan fingerprint density at radius 3 is 2.54 bits per heavy atom. The number of halogens is 1. The van der Waals surface area contributed by atoms with Crippen LogP contribution in [0, 0.1) is 5.82 Å². The lowest BCUT2D eigenvalue weighted by atomic mass is 10.2. The topological polar surface area (TPSA) is 103 Å². The first-order valence-corrected chi connectivity index (χ1v) is 7.55. The number of hydrogen-bond acceptors (Lipinski definition) is 4. The van der Waals surface area contributed by atoms with Gasteiger partial charge < -0.3 is 10.3 Å². The van der Waals surface area contributed by atoms with Gasteiger partial charge in [0.15, 0.2) is 0 Å². The second-order valence-electron chi connectivity index (χ2n) is 5.30. The van der Waals surface area contributed by atoms with E-state index in [1.807, 2.05) is 17.6 Å². The number of para-hydroxylation sites is 1. The summed E-state index contributed by atoms with van der Waals surface area (Å²) in [6, 6.07) is 13.8. The molecule has 0 aliphatic carbocycles. The van der Waals surface area contributed by atoms with Crippen molar-refractivity contribution in [3.63, 3.8) is 0 Å². The van der Waals surface area contributed by atoms with Crippen molar-refractivity contribution < 1.29 is 14.0 Å². The maximum Gasteiger partial charge on any atom is 0.329 e. The molecule has 0 atom stereocenters. The molecule has 0 radical (unpaired) electrons. The van der Waals surface area contributed by atoms with Gasteiger partial charge in [0.25, 0.3) is 5.56 Å². The minimum Gasteiger partial charge on any atom is -0.321 e. The molecular weight excluding hydrogens is 339 g/mol. The van der Waals surface area contributed by atoms with Gasteiger partial charge in [-0.05, 0) is 41.8 Å². The van der Waals surface area contributed by atoms with E-state index in [4.69, 9.17) is 0 Å². The van der Waals surface area contributed by atoms with Crippen LogP contribution in [0.4, 0.5) is 10.1 Å². The van der Waals surface area contributed by atoms with Gasteiger partial charge >= 0.3 is 11.8 Å². The molecule has 0 unspecified atom stereocenters. The minimum absolute atomic E-state index is 0.225. The van der Waals surface area contributed by atoms with Gasteiger partial charge in [-0.25, -0.2) is 9.82 Å². The summed E-state index contributed by atoms with van der Waals surface area (Å²) in [4.78, 5) is 38.1. The first-order chi connectivity index (χ1) is 12.5. The van der Waals surface area contributed by atoms with E-state index in [1.54, 1.807) is 18.2 Å². The lowest BCUT2D eigenvalue weighted by Gasteiger charge is -2.03. The molecule has 1 aromatic heterocycles. The summed E-state index contributed by atoms with van der Waals surface area (Å²) in [6.45, 7) is 0. The first kappa shape index (κ1) is 17.0. The van der Waals surface area contributed by atoms with Crippen molar-refractivity contribution in [2.75, 3.05) is 5.32 Å². The standard InChI is InChI=1S/C18H13FN4O3/c19-13-5-7-14(8-6-13)21-17(25)18(26)23-20-10-12-9-11-3-1-2-4-15(11)22-16(12)24/h1-10H,(H,21,25)(H,22,24)(H,23,26)/b20-10+. The van der Waals surface area contributed by atoms with Crippen LogP contribution in [0.15, 0.2) is 64.5 Å². The molecule has 3 aromatic rings. The number of rotatable bonds is 3. The molecule has 0 aliphatic heterocycles. The number of nitrogens with one attached hydrogen (secondary N) is 3. The molecule has 0 saturated carbocycles. The number of amides is 2. The third-order valence-electron chi connectivity index (χ3n) is 3.46. The fourth-order valence-corrected chi connectivity index (χ4v) is 2.19. The van der Waals surface area contributed by atoms with E-state index >= 15 is 0 Å². The molecule has 0 aliphatic rings. The van der Waals surface area contributed by atoms with Crippen LogP contribution >= 0.6 is 0 Å². The van der Waals surface area contributed by atoms with E-state index in [9.17, 15) is 18.8 Å². The lowest BCUT2D eigenvalue weighted by Crippen LogP contribution is -2.32. The third-order valence-corrected chi connectivity index (χ3v) is 3.46. The zero-order valence-electron chi connectivity index (χ0n) is 13.3. The van der Waals surface area contributed by atoms with Crippen LogP contribution < -0.4 is 16.3 Å². The summed E-state index contributed by atoms with van der Waals surface area (Å²) in [6.07, 6.45) is 1.15. The van der Waals surface area contributed by atoms with Crippen LogP contribution in [0.3, 0.4) is 0 Å². The highest BCUT2D eigenvalue weighted by atomic mass is 19.1. The van der Waals surface area contributed by atoms with Crippen LogP contribution in [0.5, 0.6) is 0 Å². The molecule has 8 heteroatoms. The largest absolute Gasteiger partial charge is 0.329 e. The number of hydrazone groups is 1. The van der Waals surface area contributed by atoms with Crippen molar-refractivity contribution in [2.45, 2.75) is 0 Å². The zero-order chi connectivity index (χ0) is 18.5. The number of benzene rings is 2. The lowest BCUT2D eigenvalue weighted by molar-refractivity contribution is -0.136. The number of H-pyrrole nitrogens is 1. The SMILES string of the molecule is O=C(N/N=C/c1cc2ccccc2[nH]c1=O)C(=O)Nc1ccc(F)cc1. The number of carbonyl (C=O) groups is 2. The monoisotopic (exact) mass is 352 g/mol. The van der Waals surface area contributed by atoms with Gasteiger partial charge in [0.1, 0.15) is 5.82 Å². The van der Waals surface area contributed by atoms with E-state index in [-0.39, 0.29) is 16.8 Å².